The van der Waals surface area contributed by atoms with Gasteiger partial charge in [-0.25, -0.2) is 0 Å². The minimum absolute atomic E-state index is 0.153. The second kappa shape index (κ2) is 5.54. The highest BCUT2D eigenvalue weighted by Gasteiger charge is 2.37. The third kappa shape index (κ3) is 2.45. The first-order chi connectivity index (χ1) is 9.66. The van der Waals surface area contributed by atoms with Crippen LogP contribution in [-0.4, -0.2) is 61.1 Å². The van der Waals surface area contributed by atoms with Crippen molar-refractivity contribution < 1.29 is 9.53 Å². The second-order valence-electron chi connectivity index (χ2n) is 5.81. The fourth-order valence-corrected chi connectivity index (χ4v) is 3.21. The van der Waals surface area contributed by atoms with Crippen LogP contribution in [0.25, 0.3) is 0 Å². The molecule has 0 N–H and O–H groups in total. The molecule has 0 aliphatic carbocycles. The van der Waals surface area contributed by atoms with Crippen LogP contribution in [0.15, 0.2) is 24.3 Å². The summed E-state index contributed by atoms with van der Waals surface area (Å²) in [7, 11) is 2.13. The van der Waals surface area contributed by atoms with Gasteiger partial charge in [0.2, 0.25) is 0 Å². The van der Waals surface area contributed by atoms with Gasteiger partial charge in [0, 0.05) is 25.2 Å². The number of aryl methyl sites for hydroxylation is 1. The summed E-state index contributed by atoms with van der Waals surface area (Å²) >= 11 is 0. The fourth-order valence-electron chi connectivity index (χ4n) is 3.21. The topological polar surface area (TPSA) is 32.8 Å². The Balaban J connectivity index is 1.75. The molecular formula is C16H22N2O2. The zero-order valence-corrected chi connectivity index (χ0v) is 12.2. The van der Waals surface area contributed by atoms with Crippen molar-refractivity contribution in [2.45, 2.75) is 25.5 Å². The number of ether oxygens (including phenoxy) is 1. The van der Waals surface area contributed by atoms with E-state index in [1.165, 1.54) is 0 Å². The molecule has 1 amide bonds. The van der Waals surface area contributed by atoms with Crippen molar-refractivity contribution in [3.8, 4) is 0 Å². The molecule has 2 fully saturated rings. The largest absolute Gasteiger partial charge is 0.375 e. The molecule has 0 aromatic heterocycles. The summed E-state index contributed by atoms with van der Waals surface area (Å²) in [6, 6.07) is 8.16. The van der Waals surface area contributed by atoms with Gasteiger partial charge in [-0.15, -0.1) is 0 Å². The molecule has 20 heavy (non-hydrogen) atoms. The maximum Gasteiger partial charge on any atom is 0.254 e. The van der Waals surface area contributed by atoms with E-state index in [1.807, 2.05) is 36.1 Å². The summed E-state index contributed by atoms with van der Waals surface area (Å²) in [5.74, 6) is 0.153. The monoisotopic (exact) mass is 274 g/mol. The van der Waals surface area contributed by atoms with Crippen molar-refractivity contribution in [2.75, 3.05) is 33.3 Å². The second-order valence-corrected chi connectivity index (χ2v) is 5.81. The molecule has 2 aliphatic rings. The third-order valence-corrected chi connectivity index (χ3v) is 4.52. The normalized spacial score (nSPS) is 27.2. The fraction of sp³-hybridized carbons (Fsp3) is 0.562. The number of amides is 1. The Bertz CT molecular complexity index is 503. The maximum atomic E-state index is 12.7. The van der Waals surface area contributed by atoms with Crippen LogP contribution in [0.4, 0.5) is 0 Å². The van der Waals surface area contributed by atoms with Crippen molar-refractivity contribution >= 4 is 5.91 Å². The zero-order chi connectivity index (χ0) is 14.1. The lowest BCUT2D eigenvalue weighted by Crippen LogP contribution is -2.59. The summed E-state index contributed by atoms with van der Waals surface area (Å²) in [6.07, 6.45) is 1.22. The van der Waals surface area contributed by atoms with Gasteiger partial charge in [-0.3, -0.25) is 9.69 Å². The van der Waals surface area contributed by atoms with Crippen LogP contribution in [-0.2, 0) is 4.74 Å². The molecule has 0 unspecified atom stereocenters. The van der Waals surface area contributed by atoms with Crippen LogP contribution in [0.3, 0.4) is 0 Å². The molecule has 108 valence electrons. The minimum atomic E-state index is 0.153. The van der Waals surface area contributed by atoms with Crippen molar-refractivity contribution in [3.63, 3.8) is 0 Å². The van der Waals surface area contributed by atoms with Crippen LogP contribution in [0.2, 0.25) is 0 Å². The van der Waals surface area contributed by atoms with Gasteiger partial charge in [0.05, 0.1) is 18.8 Å². The average Bonchev–Trinajstić information content (AvgIpc) is 2.47. The van der Waals surface area contributed by atoms with Crippen LogP contribution in [0, 0.1) is 6.92 Å². The van der Waals surface area contributed by atoms with Gasteiger partial charge in [0.1, 0.15) is 0 Å². The van der Waals surface area contributed by atoms with Crippen LogP contribution < -0.4 is 0 Å². The molecule has 3 rings (SSSR count). The predicted octanol–water partition coefficient (Wildman–Crippen LogP) is 1.54. The van der Waals surface area contributed by atoms with Gasteiger partial charge in [-0.1, -0.05) is 18.2 Å². The van der Waals surface area contributed by atoms with Gasteiger partial charge in [-0.05, 0) is 32.0 Å². The van der Waals surface area contributed by atoms with E-state index in [1.54, 1.807) is 0 Å². The number of hydrogen-bond acceptors (Lipinski definition) is 3. The Kier molecular flexibility index (Phi) is 3.76. The molecule has 0 spiro atoms. The zero-order valence-electron chi connectivity index (χ0n) is 12.2. The number of piperidine rings is 1. The van der Waals surface area contributed by atoms with E-state index in [4.69, 9.17) is 4.74 Å². The predicted molar refractivity (Wildman–Crippen MR) is 77.9 cm³/mol. The van der Waals surface area contributed by atoms with Crippen molar-refractivity contribution in [2.24, 2.45) is 0 Å². The number of fused-ring (bicyclic) bond motifs is 1. The van der Waals surface area contributed by atoms with E-state index >= 15 is 0 Å². The molecule has 2 heterocycles. The minimum Gasteiger partial charge on any atom is -0.375 e. The van der Waals surface area contributed by atoms with Crippen molar-refractivity contribution in [3.05, 3.63) is 35.4 Å². The molecule has 0 bridgehead atoms. The van der Waals surface area contributed by atoms with Gasteiger partial charge < -0.3 is 9.64 Å². The number of likely N-dealkylation sites (N-methyl/N-ethyl adjacent to an activating group) is 1. The highest BCUT2D eigenvalue weighted by Crippen LogP contribution is 2.23. The van der Waals surface area contributed by atoms with Crippen LogP contribution in [0.5, 0.6) is 0 Å². The number of carbonyl (C=O) groups excluding carboxylic acids is 1. The lowest BCUT2D eigenvalue weighted by atomic mass is 9.98. The number of benzene rings is 1. The summed E-state index contributed by atoms with van der Waals surface area (Å²) in [5.41, 5.74) is 1.87. The summed E-state index contributed by atoms with van der Waals surface area (Å²) in [5, 5.41) is 0. The Labute approximate surface area is 120 Å². The molecular weight excluding hydrogens is 252 g/mol. The molecule has 4 nitrogen and oxygen atoms in total. The molecule has 1 aromatic carbocycles. The van der Waals surface area contributed by atoms with E-state index < -0.39 is 0 Å². The first-order valence-corrected chi connectivity index (χ1v) is 7.33. The highest BCUT2D eigenvalue weighted by molar-refractivity contribution is 5.95. The van der Waals surface area contributed by atoms with E-state index in [2.05, 4.69) is 11.9 Å². The Morgan fingerprint density at radius 3 is 2.90 bits per heavy atom. The smallest absolute Gasteiger partial charge is 0.254 e. The molecule has 0 saturated carbocycles. The number of hydrogen-bond donors (Lipinski definition) is 0. The van der Waals surface area contributed by atoms with E-state index in [0.717, 1.165) is 43.8 Å². The van der Waals surface area contributed by atoms with Crippen molar-refractivity contribution in [1.82, 2.24) is 9.80 Å². The Morgan fingerprint density at radius 2 is 2.10 bits per heavy atom. The SMILES string of the molecule is Cc1ccccc1C(=O)N1CC[C@H]2OCCN(C)[C@@H]2C1. The van der Waals surface area contributed by atoms with Crippen LogP contribution >= 0.6 is 0 Å². The van der Waals surface area contributed by atoms with E-state index in [-0.39, 0.29) is 12.0 Å². The first-order valence-electron chi connectivity index (χ1n) is 7.33. The number of morpholine rings is 1. The number of nitrogens with zero attached hydrogens (tertiary/aromatic N) is 2. The van der Waals surface area contributed by atoms with Gasteiger partial charge in [0.25, 0.3) is 5.91 Å². The maximum absolute atomic E-state index is 12.7. The summed E-state index contributed by atoms with van der Waals surface area (Å²) in [4.78, 5) is 17.0. The van der Waals surface area contributed by atoms with E-state index in [0.29, 0.717) is 6.04 Å². The molecule has 2 saturated heterocycles. The van der Waals surface area contributed by atoms with Gasteiger partial charge in [0.15, 0.2) is 0 Å². The molecule has 1 aromatic rings. The lowest BCUT2D eigenvalue weighted by Gasteiger charge is -2.45. The Morgan fingerprint density at radius 1 is 1.30 bits per heavy atom. The standard InChI is InChI=1S/C16H22N2O2/c1-12-5-3-4-6-13(12)16(19)18-8-7-15-14(11-18)17(2)9-10-20-15/h3-6,14-15H,7-11H2,1-2H3/t14-,15-/m1/s1. The summed E-state index contributed by atoms with van der Waals surface area (Å²) < 4.78 is 5.83. The molecule has 2 aliphatic heterocycles. The van der Waals surface area contributed by atoms with Gasteiger partial charge >= 0.3 is 0 Å². The summed E-state index contributed by atoms with van der Waals surface area (Å²) in [6.45, 7) is 5.32. The number of likely N-dealkylation sites (tertiary alicyclic amines) is 1. The van der Waals surface area contributed by atoms with E-state index in [9.17, 15) is 4.79 Å². The molecule has 0 radical (unpaired) electrons. The molecule has 2 atom stereocenters. The molecule has 4 heteroatoms. The van der Waals surface area contributed by atoms with Gasteiger partial charge in [-0.2, -0.15) is 0 Å². The van der Waals surface area contributed by atoms with Crippen LogP contribution in [0.1, 0.15) is 22.3 Å². The Hall–Kier alpha value is -1.39. The third-order valence-electron chi connectivity index (χ3n) is 4.52. The quantitative estimate of drug-likeness (QED) is 0.779. The average molecular weight is 274 g/mol. The highest BCUT2D eigenvalue weighted by atomic mass is 16.5. The number of rotatable bonds is 1. The number of carbonyl (C=O) groups is 1. The lowest BCUT2D eigenvalue weighted by molar-refractivity contribution is -0.0893. The van der Waals surface area contributed by atoms with Crippen molar-refractivity contribution in [1.29, 1.82) is 0 Å². The first kappa shape index (κ1) is 13.6.